The second-order valence-electron chi connectivity index (χ2n) is 1.70. The molecule has 1 aliphatic rings. The summed E-state index contributed by atoms with van der Waals surface area (Å²) in [5.41, 5.74) is 4.98. The van der Waals surface area contributed by atoms with Gasteiger partial charge in [-0.25, -0.2) is 10.9 Å². The van der Waals surface area contributed by atoms with Crippen LogP contribution in [-0.4, -0.2) is 24.0 Å². The number of hydrazine groups is 1. The summed E-state index contributed by atoms with van der Waals surface area (Å²) in [5.74, 6) is -1.27. The minimum atomic E-state index is -1.40. The first kappa shape index (κ1) is 12.3. The molecule has 5 nitrogen and oxygen atoms in total. The van der Waals surface area contributed by atoms with Crippen LogP contribution in [0, 0.1) is 0 Å². The summed E-state index contributed by atoms with van der Waals surface area (Å²) in [7, 11) is 0. The van der Waals surface area contributed by atoms with Gasteiger partial charge in [-0.3, -0.25) is 0 Å². The van der Waals surface area contributed by atoms with Gasteiger partial charge in [-0.05, 0) is 6.26 Å². The second-order valence-corrected chi connectivity index (χ2v) is 2.68. The van der Waals surface area contributed by atoms with Gasteiger partial charge >= 0.3 is 51.4 Å². The van der Waals surface area contributed by atoms with Crippen molar-refractivity contribution in [3.8, 4) is 0 Å². The number of carboxylic acids is 1. The fourth-order valence-corrected chi connectivity index (χ4v) is 1.15. The molecule has 1 heterocycles. The number of nitrogens with one attached hydrogen (secondary N) is 2. The van der Waals surface area contributed by atoms with Gasteiger partial charge in [0, 0.05) is 0 Å². The van der Waals surface area contributed by atoms with E-state index in [0.29, 0.717) is 0 Å². The average molecular weight is 202 g/mol. The molecule has 0 aromatic carbocycles. The van der Waals surface area contributed by atoms with Crippen LogP contribution in [0.1, 0.15) is 0 Å². The number of ether oxygens (including phenoxy) is 1. The predicted molar refractivity (Wildman–Crippen MR) is 33.5 cm³/mol. The third-order valence-electron chi connectivity index (χ3n) is 1.16. The minimum absolute atomic E-state index is 0. The molecule has 0 aromatic heterocycles. The Bertz CT molecular complexity index is 150. The first-order chi connectivity index (χ1) is 4.71. The number of carboxylic acid groups (broad SMARTS) is 1. The van der Waals surface area contributed by atoms with Gasteiger partial charge in [0.2, 0.25) is 5.06 Å². The van der Waals surface area contributed by atoms with E-state index < -0.39 is 11.0 Å². The van der Waals surface area contributed by atoms with Crippen molar-refractivity contribution < 1.29 is 66.0 Å². The maximum Gasteiger partial charge on any atom is 1.00 e. The van der Waals surface area contributed by atoms with Gasteiger partial charge in [0.15, 0.2) is 0 Å². The summed E-state index contributed by atoms with van der Waals surface area (Å²) < 4.78 is 4.83. The average Bonchev–Trinajstić information content (AvgIpc) is 2.35. The molecule has 1 unspecified atom stereocenters. The molecule has 0 radical (unpaired) electrons. The summed E-state index contributed by atoms with van der Waals surface area (Å²) in [5, 5.41) is 8.99. The molecule has 1 aliphatic heterocycles. The molecule has 0 bridgehead atoms. The zero-order chi connectivity index (χ0) is 7.61. The molecule has 2 N–H and O–H groups in total. The van der Waals surface area contributed by atoms with Crippen molar-refractivity contribution in [3.05, 3.63) is 0 Å². The summed E-state index contributed by atoms with van der Waals surface area (Å²) in [6.45, 7) is 0.175. The number of carbonyl (C=O) groups excluding carboxylic acids is 1. The molecule has 0 aliphatic carbocycles. The van der Waals surface area contributed by atoms with E-state index in [1.54, 1.807) is 6.26 Å². The van der Waals surface area contributed by atoms with E-state index in [1.807, 2.05) is 0 Å². The molecular formula is C4H7KN2O3S. The monoisotopic (exact) mass is 202 g/mol. The van der Waals surface area contributed by atoms with Crippen molar-refractivity contribution in [1.82, 2.24) is 10.9 Å². The van der Waals surface area contributed by atoms with Crippen LogP contribution >= 0.6 is 11.8 Å². The molecule has 0 saturated carbocycles. The predicted octanol–water partition coefficient (Wildman–Crippen LogP) is -5.16. The molecule has 0 aromatic rings. The SMILES string of the molecule is CSC1(C(=O)[O-])NNCO1.[K+]. The molecule has 1 saturated heterocycles. The Morgan fingerprint density at radius 3 is 2.64 bits per heavy atom. The van der Waals surface area contributed by atoms with Gasteiger partial charge in [0.05, 0.1) is 0 Å². The summed E-state index contributed by atoms with van der Waals surface area (Å²) in [4.78, 5) is 10.4. The zero-order valence-corrected chi connectivity index (χ0v) is 10.3. The standard InChI is InChI=1S/C4H8N2O3S.K/c1-10-4(3(7)8)6-5-2-9-4;/h5-6H,2H2,1H3,(H,7,8);/q;+1/p-1. The van der Waals surface area contributed by atoms with E-state index in [2.05, 4.69) is 10.9 Å². The fourth-order valence-electron chi connectivity index (χ4n) is 0.629. The van der Waals surface area contributed by atoms with Crippen LogP contribution in [0.15, 0.2) is 0 Å². The Kier molecular flexibility index (Phi) is 5.78. The van der Waals surface area contributed by atoms with Crippen molar-refractivity contribution >= 4 is 17.7 Å². The number of aliphatic carboxylic acids is 1. The van der Waals surface area contributed by atoms with Gasteiger partial charge in [-0.2, -0.15) is 0 Å². The van der Waals surface area contributed by atoms with Gasteiger partial charge in [0.1, 0.15) is 12.7 Å². The van der Waals surface area contributed by atoms with Crippen LogP contribution in [0.3, 0.4) is 0 Å². The summed E-state index contributed by atoms with van der Waals surface area (Å²) in [6, 6.07) is 0. The van der Waals surface area contributed by atoms with E-state index in [-0.39, 0.29) is 58.1 Å². The topological polar surface area (TPSA) is 73.4 Å². The summed E-state index contributed by atoms with van der Waals surface area (Å²) in [6.07, 6.45) is 1.62. The van der Waals surface area contributed by atoms with Crippen molar-refractivity contribution in [2.75, 3.05) is 13.0 Å². The van der Waals surface area contributed by atoms with E-state index in [1.165, 1.54) is 0 Å². The van der Waals surface area contributed by atoms with Gasteiger partial charge in [-0.15, -0.1) is 11.8 Å². The molecule has 1 rings (SSSR count). The Hall–Kier alpha value is 1.34. The number of hydrogen-bond donors (Lipinski definition) is 2. The molecule has 11 heavy (non-hydrogen) atoms. The number of thioether (sulfide) groups is 1. The molecule has 7 heteroatoms. The Morgan fingerprint density at radius 1 is 1.82 bits per heavy atom. The molecule has 1 fully saturated rings. The van der Waals surface area contributed by atoms with Crippen molar-refractivity contribution in [3.63, 3.8) is 0 Å². The maximum absolute atomic E-state index is 10.4. The van der Waals surface area contributed by atoms with Gasteiger partial charge in [0.25, 0.3) is 0 Å². The zero-order valence-electron chi connectivity index (χ0n) is 6.34. The van der Waals surface area contributed by atoms with Crippen molar-refractivity contribution in [1.29, 1.82) is 0 Å². The minimum Gasteiger partial charge on any atom is -0.544 e. The summed E-state index contributed by atoms with van der Waals surface area (Å²) >= 11 is 1.03. The smallest absolute Gasteiger partial charge is 0.544 e. The molecule has 0 amide bonds. The third kappa shape index (κ3) is 2.64. The van der Waals surface area contributed by atoms with E-state index in [0.717, 1.165) is 11.8 Å². The van der Waals surface area contributed by atoms with E-state index >= 15 is 0 Å². The maximum atomic E-state index is 10.4. The van der Waals surface area contributed by atoms with Crippen LogP contribution < -0.4 is 67.3 Å². The number of hydrogen-bond acceptors (Lipinski definition) is 6. The largest absolute Gasteiger partial charge is 1.00 e. The first-order valence-electron chi connectivity index (χ1n) is 2.62. The number of carbonyl (C=O) groups is 1. The quantitative estimate of drug-likeness (QED) is 0.436. The van der Waals surface area contributed by atoms with Crippen LogP contribution in [0.25, 0.3) is 0 Å². The van der Waals surface area contributed by atoms with Gasteiger partial charge in [-0.1, -0.05) is 0 Å². The van der Waals surface area contributed by atoms with Crippen molar-refractivity contribution in [2.24, 2.45) is 0 Å². The normalized spacial score (nSPS) is 29.5. The molecular weight excluding hydrogens is 195 g/mol. The van der Waals surface area contributed by atoms with Crippen LogP contribution in [0.5, 0.6) is 0 Å². The number of rotatable bonds is 2. The molecule has 1 atom stereocenters. The first-order valence-corrected chi connectivity index (χ1v) is 3.84. The molecule has 0 spiro atoms. The van der Waals surface area contributed by atoms with Crippen molar-refractivity contribution in [2.45, 2.75) is 5.06 Å². The fraction of sp³-hybridized carbons (Fsp3) is 0.750. The Labute approximate surface area is 111 Å². The van der Waals surface area contributed by atoms with E-state index in [9.17, 15) is 9.90 Å². The second kappa shape index (κ2) is 5.15. The Morgan fingerprint density at radius 2 is 2.45 bits per heavy atom. The van der Waals surface area contributed by atoms with Gasteiger partial charge < -0.3 is 14.6 Å². The third-order valence-corrected chi connectivity index (χ3v) is 2.12. The van der Waals surface area contributed by atoms with Crippen LogP contribution in [-0.2, 0) is 9.53 Å². The van der Waals surface area contributed by atoms with Crippen LogP contribution in [0.2, 0.25) is 0 Å². The Balaban J connectivity index is 0.000001000. The molecule has 58 valence electrons. The van der Waals surface area contributed by atoms with E-state index in [4.69, 9.17) is 4.74 Å². The van der Waals surface area contributed by atoms with Crippen LogP contribution in [0.4, 0.5) is 0 Å².